The number of aliphatic carboxylic acids is 1. The van der Waals surface area contributed by atoms with Crippen molar-refractivity contribution in [1.82, 2.24) is 0 Å². The van der Waals surface area contributed by atoms with Gasteiger partial charge in [-0.3, -0.25) is 9.59 Å². The highest BCUT2D eigenvalue weighted by molar-refractivity contribution is 5.86. The summed E-state index contributed by atoms with van der Waals surface area (Å²) >= 11 is 0. The number of ether oxygens (including phenoxy) is 2. The van der Waals surface area contributed by atoms with Gasteiger partial charge < -0.3 is 14.6 Å². The van der Waals surface area contributed by atoms with Crippen molar-refractivity contribution in [2.75, 3.05) is 6.61 Å². The third-order valence-electron chi connectivity index (χ3n) is 11.9. The molecule has 4 aliphatic carbocycles. The summed E-state index contributed by atoms with van der Waals surface area (Å²) in [6, 6.07) is 0. The summed E-state index contributed by atoms with van der Waals surface area (Å²) in [6.07, 6.45) is 9.20. The van der Waals surface area contributed by atoms with E-state index >= 15 is 0 Å². The highest BCUT2D eigenvalue weighted by Crippen LogP contribution is 2.68. The van der Waals surface area contributed by atoms with Gasteiger partial charge in [0.1, 0.15) is 5.78 Å². The van der Waals surface area contributed by atoms with E-state index in [0.29, 0.717) is 24.2 Å². The molecule has 5 nitrogen and oxygen atoms in total. The van der Waals surface area contributed by atoms with Crippen LogP contribution in [0, 0.1) is 52.3 Å². The van der Waals surface area contributed by atoms with Crippen LogP contribution in [0.2, 0.25) is 0 Å². The van der Waals surface area contributed by atoms with E-state index in [4.69, 9.17) is 12.2 Å². The number of ketones is 1. The largest absolute Gasteiger partial charge is 0.481 e. The van der Waals surface area contributed by atoms with Crippen molar-refractivity contribution in [3.05, 3.63) is 0 Å². The zero-order valence-corrected chi connectivity index (χ0v) is 23.0. The van der Waals surface area contributed by atoms with E-state index in [1.807, 2.05) is 0 Å². The Morgan fingerprint density at radius 1 is 1.11 bits per heavy atom. The number of carboxylic acid groups (broad SMARTS) is 1. The number of Topliss-reactive ketones (excluding diaryl/α,β-unsaturated/α-hetero) is 1. The van der Waals surface area contributed by atoms with Gasteiger partial charge in [0, 0.05) is 27.6 Å². The van der Waals surface area contributed by atoms with Crippen LogP contribution < -0.4 is 0 Å². The molecule has 5 fully saturated rings. The third kappa shape index (κ3) is 4.48. The van der Waals surface area contributed by atoms with Crippen LogP contribution >= 0.6 is 0 Å². The number of hydrogen-bond donors (Lipinski definition) is 1. The Balaban J connectivity index is 1.40. The molecule has 5 rings (SSSR count). The number of carbonyl (C=O) groups excluding carboxylic acids is 1. The van der Waals surface area contributed by atoms with E-state index in [2.05, 4.69) is 20.8 Å². The van der Waals surface area contributed by atoms with E-state index < -0.39 is 18.3 Å². The van der Waals surface area contributed by atoms with Crippen LogP contribution in [0.1, 0.15) is 114 Å². The van der Waals surface area contributed by atoms with Crippen molar-refractivity contribution in [2.24, 2.45) is 52.3 Å². The number of carboxylic acids is 1. The lowest BCUT2D eigenvalue weighted by Gasteiger charge is -2.62. The smallest absolute Gasteiger partial charge is 0.303 e. The molecule has 5 heteroatoms. The molecule has 11 atom stereocenters. The monoisotopic (exact) mass is 504 g/mol. The van der Waals surface area contributed by atoms with Crippen molar-refractivity contribution in [3.8, 4) is 0 Å². The van der Waals surface area contributed by atoms with Gasteiger partial charge in [-0.2, -0.15) is 0 Å². The second kappa shape index (κ2) is 10.3. The Morgan fingerprint density at radius 3 is 2.56 bits per heavy atom. The number of fused-ring (bicyclic) bond motifs is 5. The Morgan fingerprint density at radius 2 is 1.86 bits per heavy atom. The van der Waals surface area contributed by atoms with Crippen molar-refractivity contribution in [3.63, 3.8) is 0 Å². The van der Waals surface area contributed by atoms with Gasteiger partial charge in [0.15, 0.2) is 6.29 Å². The van der Waals surface area contributed by atoms with Crippen LogP contribution in [-0.4, -0.2) is 35.9 Å². The summed E-state index contributed by atoms with van der Waals surface area (Å²) in [7, 11) is 0. The van der Waals surface area contributed by atoms with Crippen LogP contribution in [0.3, 0.4) is 0 Å². The molecular formula is C31H50O5. The first-order chi connectivity index (χ1) is 17.9. The summed E-state index contributed by atoms with van der Waals surface area (Å²) in [4.78, 5) is 25.7. The van der Waals surface area contributed by atoms with Crippen LogP contribution in [0.15, 0.2) is 0 Å². The Bertz CT molecular complexity index is 897. The number of hydrogen-bond acceptors (Lipinski definition) is 4. The molecule has 1 aliphatic heterocycles. The van der Waals surface area contributed by atoms with E-state index in [0.717, 1.165) is 70.8 Å². The van der Waals surface area contributed by atoms with E-state index in [1.165, 1.54) is 0 Å². The molecule has 2 unspecified atom stereocenters. The molecule has 0 aromatic carbocycles. The third-order valence-corrected chi connectivity index (χ3v) is 11.9. The molecule has 0 aromatic heterocycles. The maximum absolute atomic E-state index is 14.5. The molecule has 0 radical (unpaired) electrons. The molecule has 0 amide bonds. The molecule has 0 bridgehead atoms. The lowest BCUT2D eigenvalue weighted by atomic mass is 9.42. The Kier molecular flexibility index (Phi) is 6.92. The number of carbonyl (C=O) groups is 2. The zero-order chi connectivity index (χ0) is 27.5. The van der Waals surface area contributed by atoms with Crippen LogP contribution in [0.25, 0.3) is 0 Å². The molecule has 36 heavy (non-hydrogen) atoms. The minimum atomic E-state index is -1.57. The molecule has 204 valence electrons. The minimum Gasteiger partial charge on any atom is -0.481 e. The van der Waals surface area contributed by atoms with Crippen molar-refractivity contribution in [2.45, 2.75) is 124 Å². The van der Waals surface area contributed by atoms with Gasteiger partial charge in [-0.1, -0.05) is 27.7 Å². The molecule has 1 N–H and O–H groups in total. The van der Waals surface area contributed by atoms with Crippen LogP contribution in [0.4, 0.5) is 0 Å². The lowest BCUT2D eigenvalue weighted by Crippen LogP contribution is -2.61. The summed E-state index contributed by atoms with van der Waals surface area (Å²) in [5.41, 5.74) is -0.0319. The highest BCUT2D eigenvalue weighted by Gasteiger charge is 2.65. The SMILES string of the molecule is [2H]C([2H])(C)C1C(=O)[C@@H]2[C@H](CC[C@]3(C)[C@@H]([C@H](C)CCC(=O)O)CC[C@@H]23)[C@@]2(C)CC[C@@H](OC3CCCCO3)C[C@@H]12. The molecule has 5 aliphatic rings. The summed E-state index contributed by atoms with van der Waals surface area (Å²) in [5.74, 6) is 0.0950. The summed E-state index contributed by atoms with van der Waals surface area (Å²) in [6.45, 7) is 9.32. The topological polar surface area (TPSA) is 72.8 Å². The van der Waals surface area contributed by atoms with Gasteiger partial charge in [-0.25, -0.2) is 0 Å². The maximum Gasteiger partial charge on any atom is 0.303 e. The van der Waals surface area contributed by atoms with Gasteiger partial charge in [0.25, 0.3) is 0 Å². The zero-order valence-electron chi connectivity index (χ0n) is 25.0. The predicted molar refractivity (Wildman–Crippen MR) is 139 cm³/mol. The second-order valence-corrected chi connectivity index (χ2v) is 13.5. The average Bonchev–Trinajstić information content (AvgIpc) is 3.20. The first-order valence-corrected chi connectivity index (χ1v) is 14.9. The average molecular weight is 505 g/mol. The van der Waals surface area contributed by atoms with Crippen LogP contribution in [-0.2, 0) is 19.1 Å². The standard InChI is InChI=1S/C31H50O5/c1-5-21-25-18-20(36-27-8-6-7-17-35-27)13-15-31(25,4)24-14-16-30(3)22(19(2)9-12-26(32)33)10-11-23(30)28(24)29(21)34/h19-25,27-28H,5-18H2,1-4H3,(H,32,33)/t19-,20-,21?,22-,23+,24+,25+,27?,28+,30-,31-/m1/s1/i5D2. The Hall–Kier alpha value is -0.940. The maximum atomic E-state index is 14.5. The molecule has 4 saturated carbocycles. The Labute approximate surface area is 221 Å². The van der Waals surface area contributed by atoms with Crippen molar-refractivity contribution in [1.29, 1.82) is 0 Å². The van der Waals surface area contributed by atoms with Gasteiger partial charge in [0.2, 0.25) is 0 Å². The lowest BCUT2D eigenvalue weighted by molar-refractivity contribution is -0.216. The fourth-order valence-corrected chi connectivity index (χ4v) is 10.0. The van der Waals surface area contributed by atoms with Gasteiger partial charge >= 0.3 is 5.97 Å². The van der Waals surface area contributed by atoms with Crippen molar-refractivity contribution >= 4 is 11.8 Å². The molecule has 1 saturated heterocycles. The minimum absolute atomic E-state index is 0.00497. The fourth-order valence-electron chi connectivity index (χ4n) is 10.0. The van der Waals surface area contributed by atoms with E-state index in [9.17, 15) is 14.7 Å². The summed E-state index contributed by atoms with van der Waals surface area (Å²) < 4.78 is 30.0. The summed E-state index contributed by atoms with van der Waals surface area (Å²) in [5, 5.41) is 9.25. The van der Waals surface area contributed by atoms with Crippen LogP contribution in [0.5, 0.6) is 0 Å². The van der Waals surface area contributed by atoms with Gasteiger partial charge in [-0.05, 0) is 117 Å². The first kappa shape index (κ1) is 24.1. The highest BCUT2D eigenvalue weighted by atomic mass is 16.7. The van der Waals surface area contributed by atoms with E-state index in [1.54, 1.807) is 6.92 Å². The van der Waals surface area contributed by atoms with Gasteiger partial charge in [0.05, 0.1) is 6.10 Å². The molecule has 1 heterocycles. The van der Waals surface area contributed by atoms with Gasteiger partial charge in [-0.15, -0.1) is 0 Å². The van der Waals surface area contributed by atoms with Crippen molar-refractivity contribution < 1.29 is 26.9 Å². The second-order valence-electron chi connectivity index (χ2n) is 13.5. The molecular weight excluding hydrogens is 452 g/mol. The molecule has 0 spiro atoms. The molecule has 0 aromatic rings. The predicted octanol–water partition coefficient (Wildman–Crippen LogP) is 6.87. The number of rotatable bonds is 7. The fraction of sp³-hybridized carbons (Fsp3) is 0.935. The quantitative estimate of drug-likeness (QED) is 0.383. The first-order valence-electron chi connectivity index (χ1n) is 15.9. The normalized spacial score (nSPS) is 48.7. The van der Waals surface area contributed by atoms with E-state index in [-0.39, 0.29) is 53.2 Å².